The fourth-order valence-electron chi connectivity index (χ4n) is 1.83. The molecular formula is C13H16N2O4. The molecule has 0 saturated heterocycles. The molecule has 102 valence electrons. The molecule has 2 amide bonds. The third-order valence-electron chi connectivity index (χ3n) is 2.90. The van der Waals surface area contributed by atoms with E-state index in [1.54, 1.807) is 7.05 Å². The van der Waals surface area contributed by atoms with Crippen LogP contribution in [0.1, 0.15) is 5.56 Å². The highest BCUT2D eigenvalue weighted by Gasteiger charge is 2.16. The number of hydrogen-bond donors (Lipinski definition) is 1. The Morgan fingerprint density at radius 1 is 1.53 bits per heavy atom. The lowest BCUT2D eigenvalue weighted by molar-refractivity contribution is -0.118. The van der Waals surface area contributed by atoms with Crippen LogP contribution in [0.2, 0.25) is 0 Å². The van der Waals surface area contributed by atoms with Gasteiger partial charge in [0, 0.05) is 13.6 Å². The molecule has 0 aromatic heterocycles. The van der Waals surface area contributed by atoms with Crippen LogP contribution in [0.15, 0.2) is 18.2 Å². The van der Waals surface area contributed by atoms with E-state index in [0.717, 1.165) is 5.56 Å². The number of hydrogen-bond acceptors (Lipinski definition) is 4. The number of nitrogens with zero attached hydrogens (tertiary/aromatic N) is 1. The van der Waals surface area contributed by atoms with Crippen molar-refractivity contribution in [1.29, 1.82) is 0 Å². The van der Waals surface area contributed by atoms with Gasteiger partial charge in [0.2, 0.25) is 0 Å². The predicted molar refractivity (Wildman–Crippen MR) is 69.3 cm³/mol. The van der Waals surface area contributed by atoms with Gasteiger partial charge in [0.05, 0.1) is 12.8 Å². The van der Waals surface area contributed by atoms with Gasteiger partial charge in [-0.3, -0.25) is 4.79 Å². The lowest BCUT2D eigenvalue weighted by Gasteiger charge is -2.19. The van der Waals surface area contributed by atoms with Crippen molar-refractivity contribution in [2.45, 2.75) is 6.42 Å². The molecular weight excluding hydrogens is 248 g/mol. The van der Waals surface area contributed by atoms with Gasteiger partial charge in [-0.05, 0) is 24.1 Å². The predicted octanol–water partition coefficient (Wildman–Crippen LogP) is 1.26. The summed E-state index contributed by atoms with van der Waals surface area (Å²) in [5.41, 5.74) is 1.69. The molecule has 0 bridgehead atoms. The van der Waals surface area contributed by atoms with Crippen molar-refractivity contribution in [3.05, 3.63) is 23.8 Å². The van der Waals surface area contributed by atoms with E-state index in [2.05, 4.69) is 10.1 Å². The average molecular weight is 264 g/mol. The van der Waals surface area contributed by atoms with Crippen LogP contribution in [0.5, 0.6) is 5.75 Å². The number of carbonyl (C=O) groups is 2. The normalized spacial score (nSPS) is 13.1. The van der Waals surface area contributed by atoms with Crippen LogP contribution in [0.3, 0.4) is 0 Å². The number of carbonyl (C=O) groups excluding carboxylic acids is 2. The Morgan fingerprint density at radius 2 is 2.32 bits per heavy atom. The minimum absolute atomic E-state index is 0.0530. The second kappa shape index (κ2) is 5.60. The Balaban J connectivity index is 2.00. The van der Waals surface area contributed by atoms with Gasteiger partial charge in [0.1, 0.15) is 5.75 Å². The summed E-state index contributed by atoms with van der Waals surface area (Å²) in [5.74, 6) is 0.515. The Bertz CT molecular complexity index is 501. The van der Waals surface area contributed by atoms with E-state index in [4.69, 9.17) is 4.74 Å². The highest BCUT2D eigenvalue weighted by Crippen LogP contribution is 2.28. The van der Waals surface area contributed by atoms with Gasteiger partial charge in [0.15, 0.2) is 6.61 Å². The second-order valence-electron chi connectivity index (χ2n) is 4.31. The van der Waals surface area contributed by atoms with Crippen LogP contribution in [-0.2, 0) is 16.0 Å². The van der Waals surface area contributed by atoms with Crippen LogP contribution in [0.4, 0.5) is 10.5 Å². The monoisotopic (exact) mass is 264 g/mol. The van der Waals surface area contributed by atoms with Crippen molar-refractivity contribution < 1.29 is 19.1 Å². The van der Waals surface area contributed by atoms with E-state index in [1.807, 2.05) is 18.2 Å². The highest BCUT2D eigenvalue weighted by molar-refractivity contribution is 5.95. The maximum Gasteiger partial charge on any atom is 0.409 e. The molecule has 6 heteroatoms. The molecule has 0 unspecified atom stereocenters. The lowest BCUT2D eigenvalue weighted by atomic mass is 10.1. The van der Waals surface area contributed by atoms with Gasteiger partial charge in [-0.1, -0.05) is 6.07 Å². The number of anilines is 1. The molecule has 1 heterocycles. The van der Waals surface area contributed by atoms with Crippen LogP contribution in [0.25, 0.3) is 0 Å². The molecule has 0 atom stereocenters. The highest BCUT2D eigenvalue weighted by atomic mass is 16.5. The lowest BCUT2D eigenvalue weighted by Crippen LogP contribution is -2.28. The van der Waals surface area contributed by atoms with Gasteiger partial charge in [-0.2, -0.15) is 0 Å². The Kier molecular flexibility index (Phi) is 3.89. The van der Waals surface area contributed by atoms with Gasteiger partial charge in [-0.15, -0.1) is 0 Å². The van der Waals surface area contributed by atoms with Gasteiger partial charge in [-0.25, -0.2) is 4.79 Å². The van der Waals surface area contributed by atoms with Crippen molar-refractivity contribution in [3.63, 3.8) is 0 Å². The van der Waals surface area contributed by atoms with E-state index in [-0.39, 0.29) is 18.6 Å². The molecule has 0 aliphatic carbocycles. The number of methoxy groups -OCH3 is 1. The number of benzene rings is 1. The van der Waals surface area contributed by atoms with E-state index in [1.165, 1.54) is 12.0 Å². The molecule has 6 nitrogen and oxygen atoms in total. The first-order valence-corrected chi connectivity index (χ1v) is 5.95. The van der Waals surface area contributed by atoms with Crippen LogP contribution < -0.4 is 10.1 Å². The summed E-state index contributed by atoms with van der Waals surface area (Å²) in [5, 5.41) is 2.75. The molecule has 1 aromatic carbocycles. The number of fused-ring (bicyclic) bond motifs is 1. The standard InChI is InChI=1S/C13H16N2O4/c1-15(13(17)18-2)6-5-9-3-4-11-10(7-9)14-12(16)8-19-11/h3-4,7H,5-6,8H2,1-2H3,(H,14,16). The molecule has 0 radical (unpaired) electrons. The first-order chi connectivity index (χ1) is 9.10. The van der Waals surface area contributed by atoms with Crippen LogP contribution in [0, 0.1) is 0 Å². The Hall–Kier alpha value is -2.24. The number of nitrogens with one attached hydrogen (secondary N) is 1. The van der Waals surface area contributed by atoms with E-state index < -0.39 is 0 Å². The van der Waals surface area contributed by atoms with Gasteiger partial charge in [0.25, 0.3) is 5.91 Å². The minimum Gasteiger partial charge on any atom is -0.482 e. The zero-order chi connectivity index (χ0) is 13.8. The van der Waals surface area contributed by atoms with Crippen molar-refractivity contribution in [1.82, 2.24) is 4.90 Å². The van der Waals surface area contributed by atoms with Crippen molar-refractivity contribution >= 4 is 17.7 Å². The first-order valence-electron chi connectivity index (χ1n) is 5.95. The Labute approximate surface area is 111 Å². The number of likely N-dealkylation sites (N-methyl/N-ethyl adjacent to an activating group) is 1. The smallest absolute Gasteiger partial charge is 0.409 e. The number of ether oxygens (including phenoxy) is 2. The summed E-state index contributed by atoms with van der Waals surface area (Å²) in [4.78, 5) is 24.0. The van der Waals surface area contributed by atoms with Crippen LogP contribution in [-0.4, -0.2) is 44.2 Å². The first kappa shape index (κ1) is 13.2. The summed E-state index contributed by atoms with van der Waals surface area (Å²) < 4.78 is 9.89. The molecule has 0 fully saturated rings. The van der Waals surface area contributed by atoms with E-state index >= 15 is 0 Å². The number of amides is 2. The average Bonchev–Trinajstić information content (AvgIpc) is 2.43. The van der Waals surface area contributed by atoms with Crippen molar-refractivity contribution in [3.8, 4) is 5.75 Å². The second-order valence-corrected chi connectivity index (χ2v) is 4.31. The molecule has 1 N–H and O–H groups in total. The summed E-state index contributed by atoms with van der Waals surface area (Å²) in [6.07, 6.45) is 0.309. The minimum atomic E-state index is -0.366. The molecule has 0 saturated carbocycles. The molecule has 0 spiro atoms. The number of rotatable bonds is 3. The fourth-order valence-corrected chi connectivity index (χ4v) is 1.83. The maximum atomic E-state index is 11.2. The van der Waals surface area contributed by atoms with Crippen LogP contribution >= 0.6 is 0 Å². The zero-order valence-electron chi connectivity index (χ0n) is 10.9. The van der Waals surface area contributed by atoms with Gasteiger partial charge < -0.3 is 19.7 Å². The van der Waals surface area contributed by atoms with E-state index in [9.17, 15) is 9.59 Å². The summed E-state index contributed by atoms with van der Waals surface area (Å²) in [6, 6.07) is 5.60. The Morgan fingerprint density at radius 3 is 3.05 bits per heavy atom. The molecule has 1 aromatic rings. The van der Waals surface area contributed by atoms with Crippen molar-refractivity contribution in [2.75, 3.05) is 32.6 Å². The van der Waals surface area contributed by atoms with Gasteiger partial charge >= 0.3 is 6.09 Å². The largest absolute Gasteiger partial charge is 0.482 e. The third-order valence-corrected chi connectivity index (χ3v) is 2.90. The zero-order valence-corrected chi connectivity index (χ0v) is 10.9. The quantitative estimate of drug-likeness (QED) is 0.892. The molecule has 2 rings (SSSR count). The summed E-state index contributed by atoms with van der Waals surface area (Å²) >= 11 is 0. The summed E-state index contributed by atoms with van der Waals surface area (Å²) in [7, 11) is 3.03. The fraction of sp³-hybridized carbons (Fsp3) is 0.385. The third kappa shape index (κ3) is 3.15. The van der Waals surface area contributed by atoms with Crippen molar-refractivity contribution in [2.24, 2.45) is 0 Å². The molecule has 19 heavy (non-hydrogen) atoms. The van der Waals surface area contributed by atoms with E-state index in [0.29, 0.717) is 24.4 Å². The SMILES string of the molecule is COC(=O)N(C)CCc1ccc2c(c1)NC(=O)CO2. The molecule has 1 aliphatic heterocycles. The maximum absolute atomic E-state index is 11.2. The summed E-state index contributed by atoms with van der Waals surface area (Å²) in [6.45, 7) is 0.595. The molecule has 1 aliphatic rings. The topological polar surface area (TPSA) is 67.9 Å².